The van der Waals surface area contributed by atoms with Crippen LogP contribution in [0.1, 0.15) is 11.1 Å². The molecule has 2 rings (SSSR count). The molecule has 0 aliphatic carbocycles. The molecule has 0 aliphatic heterocycles. The minimum atomic E-state index is 0.592. The van der Waals surface area contributed by atoms with Gasteiger partial charge >= 0.3 is 0 Å². The molecule has 0 fully saturated rings. The van der Waals surface area contributed by atoms with E-state index in [0.29, 0.717) is 10.0 Å². The molecule has 0 aliphatic rings. The summed E-state index contributed by atoms with van der Waals surface area (Å²) in [6.45, 7) is 4.01. The van der Waals surface area contributed by atoms with Crippen LogP contribution in [-0.4, -0.2) is 17.2 Å². The molecule has 0 atom stereocenters. The van der Waals surface area contributed by atoms with E-state index in [0.717, 1.165) is 28.2 Å². The number of hydrogen-bond acceptors (Lipinski definition) is 3. The van der Waals surface area contributed by atoms with Crippen molar-refractivity contribution in [1.29, 1.82) is 0 Å². The zero-order valence-corrected chi connectivity index (χ0v) is 11.9. The van der Waals surface area contributed by atoms with Gasteiger partial charge in [-0.3, -0.25) is 0 Å². The predicted molar refractivity (Wildman–Crippen MR) is 76.5 cm³/mol. The fourth-order valence-electron chi connectivity index (χ4n) is 1.81. The second kappa shape index (κ2) is 5.12. The highest BCUT2D eigenvalue weighted by molar-refractivity contribution is 6.35. The van der Waals surface area contributed by atoms with Crippen molar-refractivity contribution in [2.75, 3.05) is 12.4 Å². The topological polar surface area (TPSA) is 37.8 Å². The Bertz CT molecular complexity index is 577. The number of aromatic nitrogens is 2. The fourth-order valence-corrected chi connectivity index (χ4v) is 2.33. The van der Waals surface area contributed by atoms with Crippen LogP contribution in [0.3, 0.4) is 0 Å². The SMILES string of the molecule is CNc1nnc(-c2cc(Cl)cc(Cl)c2)c(C)c1C. The van der Waals surface area contributed by atoms with E-state index in [4.69, 9.17) is 23.2 Å². The minimum Gasteiger partial charge on any atom is -0.371 e. The molecule has 0 bridgehead atoms. The zero-order valence-electron chi connectivity index (χ0n) is 10.4. The van der Waals surface area contributed by atoms with E-state index in [9.17, 15) is 0 Å². The number of rotatable bonds is 2. The van der Waals surface area contributed by atoms with Gasteiger partial charge in [-0.2, -0.15) is 0 Å². The molecule has 1 N–H and O–H groups in total. The highest BCUT2D eigenvalue weighted by Crippen LogP contribution is 2.30. The van der Waals surface area contributed by atoms with Gasteiger partial charge in [-0.05, 0) is 43.2 Å². The van der Waals surface area contributed by atoms with Crippen LogP contribution >= 0.6 is 23.2 Å². The summed E-state index contributed by atoms with van der Waals surface area (Å²) in [6.07, 6.45) is 0. The lowest BCUT2D eigenvalue weighted by molar-refractivity contribution is 1.00. The molecule has 0 saturated heterocycles. The maximum absolute atomic E-state index is 6.01. The Balaban J connectivity index is 2.61. The average Bonchev–Trinajstić information content (AvgIpc) is 2.31. The van der Waals surface area contributed by atoms with Crippen LogP contribution in [0, 0.1) is 13.8 Å². The molecule has 1 aromatic carbocycles. The van der Waals surface area contributed by atoms with Crippen molar-refractivity contribution in [3.8, 4) is 11.3 Å². The van der Waals surface area contributed by atoms with Crippen molar-refractivity contribution in [3.63, 3.8) is 0 Å². The van der Waals surface area contributed by atoms with Gasteiger partial charge in [-0.25, -0.2) is 0 Å². The number of nitrogens with zero attached hydrogens (tertiary/aromatic N) is 2. The van der Waals surface area contributed by atoms with E-state index >= 15 is 0 Å². The average molecular weight is 282 g/mol. The molecule has 0 amide bonds. The van der Waals surface area contributed by atoms with Crippen molar-refractivity contribution >= 4 is 29.0 Å². The van der Waals surface area contributed by atoms with Crippen molar-refractivity contribution in [2.45, 2.75) is 13.8 Å². The van der Waals surface area contributed by atoms with Gasteiger partial charge in [0, 0.05) is 22.7 Å². The number of anilines is 1. The Kier molecular flexibility index (Phi) is 3.73. The van der Waals surface area contributed by atoms with Crippen LogP contribution in [0.4, 0.5) is 5.82 Å². The first-order chi connectivity index (χ1) is 8.52. The molecule has 94 valence electrons. The third kappa shape index (κ3) is 2.42. The summed E-state index contributed by atoms with van der Waals surface area (Å²) in [5.41, 5.74) is 3.81. The third-order valence-electron chi connectivity index (χ3n) is 2.90. The Morgan fingerprint density at radius 2 is 1.56 bits per heavy atom. The Labute approximate surface area is 116 Å². The third-order valence-corrected chi connectivity index (χ3v) is 3.33. The summed E-state index contributed by atoms with van der Waals surface area (Å²) in [5, 5.41) is 12.6. The summed E-state index contributed by atoms with van der Waals surface area (Å²) < 4.78 is 0. The maximum atomic E-state index is 6.01. The molecule has 1 heterocycles. The number of halogens is 2. The molecular formula is C13H13Cl2N3. The maximum Gasteiger partial charge on any atom is 0.151 e. The zero-order chi connectivity index (χ0) is 13.3. The second-order valence-corrected chi connectivity index (χ2v) is 4.93. The van der Waals surface area contributed by atoms with Crippen molar-refractivity contribution < 1.29 is 0 Å². The standard InChI is InChI=1S/C13H13Cl2N3/c1-7-8(2)13(16-3)18-17-12(7)9-4-10(14)6-11(15)5-9/h4-6H,1-3H3,(H,16,18). The van der Waals surface area contributed by atoms with Crippen LogP contribution in [0.2, 0.25) is 10.0 Å². The molecule has 2 aromatic rings. The molecule has 0 spiro atoms. The van der Waals surface area contributed by atoms with Crippen LogP contribution in [0.25, 0.3) is 11.3 Å². The van der Waals surface area contributed by atoms with Crippen LogP contribution in [0.5, 0.6) is 0 Å². The van der Waals surface area contributed by atoms with Crippen molar-refractivity contribution in [1.82, 2.24) is 10.2 Å². The van der Waals surface area contributed by atoms with E-state index in [1.165, 1.54) is 0 Å². The van der Waals surface area contributed by atoms with Gasteiger partial charge in [0.25, 0.3) is 0 Å². The van der Waals surface area contributed by atoms with E-state index < -0.39 is 0 Å². The Morgan fingerprint density at radius 3 is 2.11 bits per heavy atom. The van der Waals surface area contributed by atoms with Gasteiger partial charge in [0.2, 0.25) is 0 Å². The quantitative estimate of drug-likeness (QED) is 0.900. The molecular weight excluding hydrogens is 269 g/mol. The molecule has 5 heteroatoms. The van der Waals surface area contributed by atoms with Gasteiger partial charge in [-0.1, -0.05) is 23.2 Å². The minimum absolute atomic E-state index is 0.592. The summed E-state index contributed by atoms with van der Waals surface area (Å²) in [4.78, 5) is 0. The summed E-state index contributed by atoms with van der Waals surface area (Å²) in [6, 6.07) is 5.37. The van der Waals surface area contributed by atoms with Crippen molar-refractivity contribution in [3.05, 3.63) is 39.4 Å². The number of nitrogens with one attached hydrogen (secondary N) is 1. The van der Waals surface area contributed by atoms with Gasteiger partial charge in [0.05, 0.1) is 5.69 Å². The molecule has 1 aromatic heterocycles. The van der Waals surface area contributed by atoms with E-state index in [2.05, 4.69) is 15.5 Å². The predicted octanol–water partition coefficient (Wildman–Crippen LogP) is 4.11. The van der Waals surface area contributed by atoms with Crippen LogP contribution in [-0.2, 0) is 0 Å². The summed E-state index contributed by atoms with van der Waals surface area (Å²) in [7, 11) is 1.83. The first-order valence-corrected chi connectivity index (χ1v) is 6.26. The molecule has 3 nitrogen and oxygen atoms in total. The first kappa shape index (κ1) is 13.1. The van der Waals surface area contributed by atoms with Gasteiger partial charge in [0.1, 0.15) is 0 Å². The molecule has 18 heavy (non-hydrogen) atoms. The monoisotopic (exact) mass is 281 g/mol. The summed E-state index contributed by atoms with van der Waals surface area (Å²) >= 11 is 12.0. The smallest absolute Gasteiger partial charge is 0.151 e. The van der Waals surface area contributed by atoms with E-state index in [1.54, 1.807) is 6.07 Å². The van der Waals surface area contributed by atoms with Gasteiger partial charge in [-0.15, -0.1) is 10.2 Å². The van der Waals surface area contributed by atoms with Gasteiger partial charge in [0.15, 0.2) is 5.82 Å². The highest BCUT2D eigenvalue weighted by atomic mass is 35.5. The fraction of sp³-hybridized carbons (Fsp3) is 0.231. The Hall–Kier alpha value is -1.32. The van der Waals surface area contributed by atoms with E-state index in [1.807, 2.05) is 33.0 Å². The van der Waals surface area contributed by atoms with Crippen LogP contribution < -0.4 is 5.32 Å². The van der Waals surface area contributed by atoms with Crippen molar-refractivity contribution in [2.24, 2.45) is 0 Å². The van der Waals surface area contributed by atoms with Crippen LogP contribution in [0.15, 0.2) is 18.2 Å². The Morgan fingerprint density at radius 1 is 0.944 bits per heavy atom. The highest BCUT2D eigenvalue weighted by Gasteiger charge is 2.11. The lowest BCUT2D eigenvalue weighted by atomic mass is 10.0. The normalized spacial score (nSPS) is 10.5. The largest absolute Gasteiger partial charge is 0.371 e. The second-order valence-electron chi connectivity index (χ2n) is 4.06. The molecule has 0 unspecified atom stereocenters. The first-order valence-electron chi connectivity index (χ1n) is 5.51. The summed E-state index contributed by atoms with van der Waals surface area (Å²) in [5.74, 6) is 0.782. The molecule has 0 saturated carbocycles. The van der Waals surface area contributed by atoms with Gasteiger partial charge < -0.3 is 5.32 Å². The van der Waals surface area contributed by atoms with E-state index in [-0.39, 0.29) is 0 Å². The number of benzene rings is 1. The number of hydrogen-bond donors (Lipinski definition) is 1. The molecule has 0 radical (unpaired) electrons. The lowest BCUT2D eigenvalue weighted by Crippen LogP contribution is -2.02. The lowest BCUT2D eigenvalue weighted by Gasteiger charge is -2.11.